The van der Waals surface area contributed by atoms with E-state index >= 15 is 0 Å². The van der Waals surface area contributed by atoms with Crippen molar-refractivity contribution in [1.82, 2.24) is 10.2 Å². The average Bonchev–Trinajstić information content (AvgIpc) is 2.66. The zero-order valence-corrected chi connectivity index (χ0v) is 11.0. The minimum atomic E-state index is -0.272. The van der Waals surface area contributed by atoms with E-state index in [2.05, 4.69) is 5.32 Å². The molecule has 0 bridgehead atoms. The van der Waals surface area contributed by atoms with Gasteiger partial charge in [-0.25, -0.2) is 4.39 Å². The highest BCUT2D eigenvalue weighted by Gasteiger charge is 2.40. The molecule has 0 spiro atoms. The summed E-state index contributed by atoms with van der Waals surface area (Å²) >= 11 is 0. The molecule has 0 aliphatic carbocycles. The molecule has 1 fully saturated rings. The van der Waals surface area contributed by atoms with Crippen LogP contribution in [0.15, 0.2) is 24.3 Å². The molecule has 1 amide bonds. The standard InChI is InChI=1S/C14H19FN2O/c1-4-17-13(10-6-5-7-11(15)8-10)16-12(9(2)3)14(17)18/h5-9,12-13,16H,4H2,1-3H3. The molecule has 1 heterocycles. The Balaban J connectivity index is 2.30. The van der Waals surface area contributed by atoms with E-state index in [0.29, 0.717) is 6.54 Å². The Labute approximate surface area is 107 Å². The first kappa shape index (κ1) is 13.0. The van der Waals surface area contributed by atoms with E-state index in [9.17, 15) is 9.18 Å². The van der Waals surface area contributed by atoms with Crippen LogP contribution >= 0.6 is 0 Å². The van der Waals surface area contributed by atoms with Crippen LogP contribution in [0.2, 0.25) is 0 Å². The third kappa shape index (κ3) is 2.25. The number of halogens is 1. The monoisotopic (exact) mass is 250 g/mol. The van der Waals surface area contributed by atoms with Crippen molar-refractivity contribution in [2.75, 3.05) is 6.54 Å². The molecule has 98 valence electrons. The summed E-state index contributed by atoms with van der Waals surface area (Å²) in [6.07, 6.45) is -0.217. The number of likely N-dealkylation sites (N-methyl/N-ethyl adjacent to an activating group) is 1. The van der Waals surface area contributed by atoms with Gasteiger partial charge in [-0.15, -0.1) is 0 Å². The topological polar surface area (TPSA) is 32.3 Å². The number of amides is 1. The molecule has 1 aliphatic rings. The largest absolute Gasteiger partial charge is 0.322 e. The van der Waals surface area contributed by atoms with Crippen molar-refractivity contribution < 1.29 is 9.18 Å². The lowest BCUT2D eigenvalue weighted by molar-refractivity contribution is -0.130. The van der Waals surface area contributed by atoms with Crippen LogP contribution in [0.3, 0.4) is 0 Å². The van der Waals surface area contributed by atoms with Crippen molar-refractivity contribution in [3.05, 3.63) is 35.6 Å². The molecule has 2 unspecified atom stereocenters. The van der Waals surface area contributed by atoms with E-state index in [1.54, 1.807) is 11.0 Å². The third-order valence-electron chi connectivity index (χ3n) is 3.37. The molecule has 2 rings (SSSR count). The first-order valence-corrected chi connectivity index (χ1v) is 6.36. The minimum Gasteiger partial charge on any atom is -0.322 e. The van der Waals surface area contributed by atoms with Gasteiger partial charge >= 0.3 is 0 Å². The smallest absolute Gasteiger partial charge is 0.241 e. The maximum absolute atomic E-state index is 13.3. The fraction of sp³-hybridized carbons (Fsp3) is 0.500. The van der Waals surface area contributed by atoms with E-state index in [4.69, 9.17) is 0 Å². The summed E-state index contributed by atoms with van der Waals surface area (Å²) in [4.78, 5) is 14.0. The fourth-order valence-electron chi connectivity index (χ4n) is 2.41. The average molecular weight is 250 g/mol. The van der Waals surface area contributed by atoms with E-state index in [-0.39, 0.29) is 29.8 Å². The first-order chi connectivity index (χ1) is 8.54. The number of carbonyl (C=O) groups is 1. The lowest BCUT2D eigenvalue weighted by atomic mass is 10.1. The molecule has 1 aromatic rings. The van der Waals surface area contributed by atoms with Crippen molar-refractivity contribution in [3.63, 3.8) is 0 Å². The molecule has 0 radical (unpaired) electrons. The zero-order chi connectivity index (χ0) is 13.3. The molecule has 2 atom stereocenters. The van der Waals surface area contributed by atoms with Crippen molar-refractivity contribution in [2.24, 2.45) is 5.92 Å². The number of carbonyl (C=O) groups excluding carboxylic acids is 1. The fourth-order valence-corrected chi connectivity index (χ4v) is 2.41. The summed E-state index contributed by atoms with van der Waals surface area (Å²) in [6.45, 7) is 6.58. The van der Waals surface area contributed by atoms with Crippen LogP contribution in [-0.2, 0) is 4.79 Å². The summed E-state index contributed by atoms with van der Waals surface area (Å²) < 4.78 is 13.3. The maximum Gasteiger partial charge on any atom is 0.241 e. The zero-order valence-electron chi connectivity index (χ0n) is 11.0. The normalized spacial score (nSPS) is 24.1. The SMILES string of the molecule is CCN1C(=O)C(C(C)C)NC1c1cccc(F)c1. The van der Waals surface area contributed by atoms with Gasteiger partial charge in [-0.2, -0.15) is 0 Å². The second kappa shape index (κ2) is 5.06. The van der Waals surface area contributed by atoms with Crippen LogP contribution in [-0.4, -0.2) is 23.4 Å². The van der Waals surface area contributed by atoms with E-state index in [1.807, 2.05) is 26.8 Å². The van der Waals surface area contributed by atoms with Crippen LogP contribution in [0.1, 0.15) is 32.5 Å². The van der Waals surface area contributed by atoms with Gasteiger partial charge in [-0.3, -0.25) is 10.1 Å². The van der Waals surface area contributed by atoms with Crippen LogP contribution in [0, 0.1) is 11.7 Å². The van der Waals surface area contributed by atoms with Gasteiger partial charge in [0, 0.05) is 6.54 Å². The van der Waals surface area contributed by atoms with Crippen LogP contribution in [0.4, 0.5) is 4.39 Å². The molecule has 1 N–H and O–H groups in total. The van der Waals surface area contributed by atoms with Gasteiger partial charge in [-0.05, 0) is 30.5 Å². The molecule has 0 saturated carbocycles. The van der Waals surface area contributed by atoms with E-state index in [1.165, 1.54) is 12.1 Å². The Hall–Kier alpha value is -1.42. The second-order valence-electron chi connectivity index (χ2n) is 4.97. The van der Waals surface area contributed by atoms with Crippen LogP contribution < -0.4 is 5.32 Å². The number of nitrogens with zero attached hydrogens (tertiary/aromatic N) is 1. The van der Waals surface area contributed by atoms with E-state index < -0.39 is 0 Å². The summed E-state index contributed by atoms with van der Waals surface area (Å²) in [6, 6.07) is 6.23. The molecular formula is C14H19FN2O. The van der Waals surface area contributed by atoms with Crippen molar-refractivity contribution >= 4 is 5.91 Å². The highest BCUT2D eigenvalue weighted by molar-refractivity contribution is 5.84. The number of nitrogens with one attached hydrogen (secondary N) is 1. The summed E-state index contributed by atoms with van der Waals surface area (Å²) in [5.41, 5.74) is 0.799. The van der Waals surface area contributed by atoms with E-state index in [0.717, 1.165) is 5.56 Å². The van der Waals surface area contributed by atoms with Crippen LogP contribution in [0.25, 0.3) is 0 Å². The lowest BCUT2D eigenvalue weighted by Gasteiger charge is -2.22. The highest BCUT2D eigenvalue weighted by atomic mass is 19.1. The molecule has 1 aromatic carbocycles. The number of hydrogen-bond donors (Lipinski definition) is 1. The maximum atomic E-state index is 13.3. The quantitative estimate of drug-likeness (QED) is 0.892. The molecule has 1 saturated heterocycles. The lowest BCUT2D eigenvalue weighted by Crippen LogP contribution is -2.34. The van der Waals surface area contributed by atoms with Gasteiger partial charge < -0.3 is 4.90 Å². The van der Waals surface area contributed by atoms with Gasteiger partial charge in [0.15, 0.2) is 0 Å². The number of rotatable bonds is 3. The minimum absolute atomic E-state index is 0.0989. The molecular weight excluding hydrogens is 231 g/mol. The van der Waals surface area contributed by atoms with Crippen molar-refractivity contribution in [3.8, 4) is 0 Å². The second-order valence-corrected chi connectivity index (χ2v) is 4.97. The van der Waals surface area contributed by atoms with Gasteiger partial charge in [0.2, 0.25) is 5.91 Å². The van der Waals surface area contributed by atoms with Crippen LogP contribution in [0.5, 0.6) is 0 Å². The number of hydrogen-bond acceptors (Lipinski definition) is 2. The van der Waals surface area contributed by atoms with Gasteiger partial charge in [0.1, 0.15) is 12.0 Å². The Kier molecular flexibility index (Phi) is 3.66. The molecule has 1 aliphatic heterocycles. The summed E-state index contributed by atoms with van der Waals surface area (Å²) in [5, 5.41) is 3.29. The Morgan fingerprint density at radius 2 is 2.17 bits per heavy atom. The molecule has 18 heavy (non-hydrogen) atoms. The van der Waals surface area contributed by atoms with Gasteiger partial charge in [0.05, 0.1) is 6.04 Å². The summed E-state index contributed by atoms with van der Waals surface area (Å²) in [5.74, 6) is 0.0534. The predicted molar refractivity (Wildman–Crippen MR) is 68.3 cm³/mol. The first-order valence-electron chi connectivity index (χ1n) is 6.36. The predicted octanol–water partition coefficient (Wildman–Crippen LogP) is 2.30. The van der Waals surface area contributed by atoms with Crippen molar-refractivity contribution in [2.45, 2.75) is 33.0 Å². The highest BCUT2D eigenvalue weighted by Crippen LogP contribution is 2.27. The van der Waals surface area contributed by atoms with Crippen molar-refractivity contribution in [1.29, 1.82) is 0 Å². The molecule has 0 aromatic heterocycles. The number of benzene rings is 1. The Morgan fingerprint density at radius 3 is 2.72 bits per heavy atom. The Morgan fingerprint density at radius 1 is 1.44 bits per heavy atom. The Bertz CT molecular complexity index is 447. The summed E-state index contributed by atoms with van der Waals surface area (Å²) in [7, 11) is 0. The van der Waals surface area contributed by atoms with Gasteiger partial charge in [-0.1, -0.05) is 26.0 Å². The molecule has 4 heteroatoms. The third-order valence-corrected chi connectivity index (χ3v) is 3.37. The van der Waals surface area contributed by atoms with Gasteiger partial charge in [0.25, 0.3) is 0 Å². The molecule has 3 nitrogen and oxygen atoms in total.